The fraction of sp³-hybridized carbons (Fsp3) is 0.300. The van der Waals surface area contributed by atoms with E-state index in [-0.39, 0.29) is 27.9 Å². The molecule has 0 aliphatic carbocycles. The van der Waals surface area contributed by atoms with Crippen molar-refractivity contribution in [1.29, 1.82) is 0 Å². The number of rotatable bonds is 7. The molecule has 0 radical (unpaired) electrons. The molecule has 1 aliphatic heterocycles. The van der Waals surface area contributed by atoms with Crippen molar-refractivity contribution in [2.24, 2.45) is 0 Å². The number of hydrogen-bond donors (Lipinski definition) is 2. The lowest BCUT2D eigenvalue weighted by Gasteiger charge is -2.26. The molecule has 1 amide bonds. The summed E-state index contributed by atoms with van der Waals surface area (Å²) in [7, 11) is -4.01. The zero-order valence-electron chi connectivity index (χ0n) is 15.8. The molecule has 0 spiro atoms. The third-order valence-corrected chi connectivity index (χ3v) is 7.17. The van der Waals surface area contributed by atoms with Gasteiger partial charge in [0, 0.05) is 16.6 Å². The minimum atomic E-state index is -4.01. The monoisotopic (exact) mass is 470 g/mol. The lowest BCUT2D eigenvalue weighted by Crippen LogP contribution is -2.47. The van der Waals surface area contributed by atoms with Gasteiger partial charge in [-0.2, -0.15) is 4.31 Å². The fourth-order valence-electron chi connectivity index (χ4n) is 3.48. The number of aliphatic carboxylic acids is 1. The molecular formula is C20H20Cl2N2O5S. The van der Waals surface area contributed by atoms with E-state index in [0.717, 1.165) is 4.31 Å². The van der Waals surface area contributed by atoms with Crippen LogP contribution in [0.3, 0.4) is 0 Å². The number of hydrogen-bond acceptors (Lipinski definition) is 4. The molecule has 10 heteroatoms. The Hall–Kier alpha value is -2.13. The molecule has 0 saturated carbocycles. The summed E-state index contributed by atoms with van der Waals surface area (Å²) in [6.07, 6.45) is 0.508. The molecule has 30 heavy (non-hydrogen) atoms. The average Bonchev–Trinajstić information content (AvgIpc) is 3.18. The van der Waals surface area contributed by atoms with Gasteiger partial charge in [-0.15, -0.1) is 0 Å². The molecular weight excluding hydrogens is 451 g/mol. The molecule has 3 rings (SSSR count). The predicted octanol–water partition coefficient (Wildman–Crippen LogP) is 3.48. The second-order valence-electron chi connectivity index (χ2n) is 6.95. The zero-order valence-corrected chi connectivity index (χ0v) is 18.1. The van der Waals surface area contributed by atoms with Crippen LogP contribution in [0.5, 0.6) is 0 Å². The lowest BCUT2D eigenvalue weighted by atomic mass is 10.0. The van der Waals surface area contributed by atoms with Gasteiger partial charge in [0.15, 0.2) is 0 Å². The highest BCUT2D eigenvalue weighted by Crippen LogP contribution is 2.30. The highest BCUT2D eigenvalue weighted by molar-refractivity contribution is 7.89. The Balaban J connectivity index is 1.85. The van der Waals surface area contributed by atoms with Crippen LogP contribution >= 0.6 is 23.2 Å². The van der Waals surface area contributed by atoms with E-state index in [2.05, 4.69) is 5.32 Å². The van der Waals surface area contributed by atoms with Crippen molar-refractivity contribution in [2.75, 3.05) is 6.54 Å². The highest BCUT2D eigenvalue weighted by atomic mass is 35.5. The quantitative estimate of drug-likeness (QED) is 0.644. The first-order valence-electron chi connectivity index (χ1n) is 9.23. The smallest absolute Gasteiger partial charge is 0.305 e. The van der Waals surface area contributed by atoms with E-state index in [1.807, 2.05) is 0 Å². The molecule has 0 aromatic heterocycles. The Morgan fingerprint density at radius 1 is 1.13 bits per heavy atom. The zero-order chi connectivity index (χ0) is 21.9. The number of carboxylic acids is 1. The van der Waals surface area contributed by atoms with E-state index < -0.39 is 34.0 Å². The van der Waals surface area contributed by atoms with Crippen LogP contribution in [0.15, 0.2) is 53.4 Å². The van der Waals surface area contributed by atoms with Gasteiger partial charge in [-0.1, -0.05) is 53.5 Å². The van der Waals surface area contributed by atoms with E-state index in [9.17, 15) is 23.1 Å². The van der Waals surface area contributed by atoms with Crippen molar-refractivity contribution in [2.45, 2.75) is 36.2 Å². The fourth-order valence-corrected chi connectivity index (χ4v) is 5.87. The predicted molar refractivity (Wildman–Crippen MR) is 113 cm³/mol. The molecule has 2 aromatic carbocycles. The molecule has 2 N–H and O–H groups in total. The molecule has 1 heterocycles. The summed E-state index contributed by atoms with van der Waals surface area (Å²) < 4.78 is 27.4. The van der Waals surface area contributed by atoms with Crippen LogP contribution in [-0.4, -0.2) is 42.3 Å². The minimum Gasteiger partial charge on any atom is -0.481 e. The standard InChI is InChI=1S/C20H20Cl2N2O5S/c21-14-9-15(22)11-16(10-14)30(28,29)24-8-4-7-18(24)20(27)23-17(12-19(25)26)13-5-2-1-3-6-13/h1-3,5-6,9-11,17-18H,4,7-8,12H2,(H,23,27)(H,25,26)/t17-,18-/m0/s1. The summed E-state index contributed by atoms with van der Waals surface area (Å²) in [5.41, 5.74) is 0.627. The SMILES string of the molecule is O=C(O)C[C@H](NC(=O)[C@@H]1CCCN1S(=O)(=O)c1cc(Cl)cc(Cl)c1)c1ccccc1. The summed E-state index contributed by atoms with van der Waals surface area (Å²) in [4.78, 5) is 24.2. The molecule has 160 valence electrons. The van der Waals surface area contributed by atoms with Crippen LogP contribution in [0.2, 0.25) is 10.0 Å². The van der Waals surface area contributed by atoms with Gasteiger partial charge in [-0.05, 0) is 36.6 Å². The van der Waals surface area contributed by atoms with E-state index in [4.69, 9.17) is 23.2 Å². The van der Waals surface area contributed by atoms with Crippen molar-refractivity contribution >= 4 is 45.1 Å². The number of nitrogens with zero attached hydrogens (tertiary/aromatic N) is 1. The Morgan fingerprint density at radius 2 is 1.77 bits per heavy atom. The minimum absolute atomic E-state index is 0.0927. The van der Waals surface area contributed by atoms with Crippen molar-refractivity contribution in [1.82, 2.24) is 9.62 Å². The maximum Gasteiger partial charge on any atom is 0.305 e. The Morgan fingerprint density at radius 3 is 2.37 bits per heavy atom. The number of benzene rings is 2. The second kappa shape index (κ2) is 9.34. The van der Waals surface area contributed by atoms with E-state index in [1.165, 1.54) is 18.2 Å². The number of carbonyl (C=O) groups is 2. The van der Waals surface area contributed by atoms with Gasteiger partial charge in [0.05, 0.1) is 17.4 Å². The first-order valence-corrected chi connectivity index (χ1v) is 11.4. The maximum atomic E-state index is 13.1. The molecule has 1 fully saturated rings. The number of carbonyl (C=O) groups excluding carboxylic acids is 1. The normalized spacial score (nSPS) is 18.1. The number of amides is 1. The van der Waals surface area contributed by atoms with Gasteiger partial charge in [-0.25, -0.2) is 8.42 Å². The summed E-state index contributed by atoms with van der Waals surface area (Å²) in [6, 6.07) is 11.0. The van der Waals surface area contributed by atoms with Crippen LogP contribution in [0, 0.1) is 0 Å². The molecule has 1 saturated heterocycles. The third-order valence-electron chi connectivity index (χ3n) is 4.85. The Bertz CT molecular complexity index is 1030. The summed E-state index contributed by atoms with van der Waals surface area (Å²) in [6.45, 7) is 0.166. The van der Waals surface area contributed by atoms with Gasteiger partial charge in [0.1, 0.15) is 6.04 Å². The van der Waals surface area contributed by atoms with Crippen molar-refractivity contribution in [3.63, 3.8) is 0 Å². The first kappa shape index (κ1) is 22.6. The summed E-state index contributed by atoms with van der Waals surface area (Å²) >= 11 is 11.9. The van der Waals surface area contributed by atoms with Gasteiger partial charge in [-0.3, -0.25) is 9.59 Å². The van der Waals surface area contributed by atoms with Gasteiger partial charge >= 0.3 is 5.97 Å². The number of sulfonamides is 1. The number of carboxylic acid groups (broad SMARTS) is 1. The number of nitrogens with one attached hydrogen (secondary N) is 1. The molecule has 2 aromatic rings. The van der Waals surface area contributed by atoms with E-state index in [1.54, 1.807) is 30.3 Å². The van der Waals surface area contributed by atoms with Crippen LogP contribution in [0.25, 0.3) is 0 Å². The van der Waals surface area contributed by atoms with E-state index in [0.29, 0.717) is 18.4 Å². The molecule has 0 unspecified atom stereocenters. The average molecular weight is 471 g/mol. The van der Waals surface area contributed by atoms with Crippen LogP contribution in [0.1, 0.15) is 30.9 Å². The van der Waals surface area contributed by atoms with Gasteiger partial charge < -0.3 is 10.4 Å². The number of halogens is 2. The largest absolute Gasteiger partial charge is 0.481 e. The van der Waals surface area contributed by atoms with Gasteiger partial charge in [0.2, 0.25) is 15.9 Å². The summed E-state index contributed by atoms with van der Waals surface area (Å²) in [5.74, 6) is -1.62. The summed E-state index contributed by atoms with van der Waals surface area (Å²) in [5, 5.41) is 12.3. The van der Waals surface area contributed by atoms with E-state index >= 15 is 0 Å². The maximum absolute atomic E-state index is 13.1. The van der Waals surface area contributed by atoms with Gasteiger partial charge in [0.25, 0.3) is 0 Å². The molecule has 1 aliphatic rings. The second-order valence-corrected chi connectivity index (χ2v) is 9.71. The van der Waals surface area contributed by atoms with Crippen molar-refractivity contribution < 1.29 is 23.1 Å². The van der Waals surface area contributed by atoms with Crippen molar-refractivity contribution in [3.8, 4) is 0 Å². The third kappa shape index (κ3) is 5.13. The van der Waals surface area contributed by atoms with Crippen molar-refractivity contribution in [3.05, 3.63) is 64.1 Å². The molecule has 0 bridgehead atoms. The van der Waals surface area contributed by atoms with Crippen LogP contribution in [0.4, 0.5) is 0 Å². The first-order chi connectivity index (χ1) is 14.2. The Kier molecular flexibility index (Phi) is 7.02. The molecule has 2 atom stereocenters. The molecule has 7 nitrogen and oxygen atoms in total. The highest BCUT2D eigenvalue weighted by Gasteiger charge is 2.40. The topological polar surface area (TPSA) is 104 Å². The van der Waals surface area contributed by atoms with Crippen LogP contribution < -0.4 is 5.32 Å². The lowest BCUT2D eigenvalue weighted by molar-refractivity contribution is -0.137. The Labute approximate surface area is 184 Å². The van der Waals surface area contributed by atoms with Crippen LogP contribution in [-0.2, 0) is 19.6 Å².